The van der Waals surface area contributed by atoms with Crippen molar-refractivity contribution in [2.24, 2.45) is 0 Å². The van der Waals surface area contributed by atoms with Gasteiger partial charge in [0.25, 0.3) is 5.91 Å². The molecule has 30 heavy (non-hydrogen) atoms. The summed E-state index contributed by atoms with van der Waals surface area (Å²) in [6, 6.07) is 13.5. The molecular formula is C23H23N3O3S. The first-order valence-corrected chi connectivity index (χ1v) is 10.6. The van der Waals surface area contributed by atoms with Gasteiger partial charge in [-0.3, -0.25) is 9.69 Å². The second-order valence-electron chi connectivity index (χ2n) is 7.03. The Kier molecular flexibility index (Phi) is 6.11. The quantitative estimate of drug-likeness (QED) is 0.440. The molecule has 1 N–H and O–H groups in total. The summed E-state index contributed by atoms with van der Waals surface area (Å²) >= 11 is 1.62. The maximum atomic E-state index is 11.8. The van der Waals surface area contributed by atoms with Crippen LogP contribution < -0.4 is 5.32 Å². The van der Waals surface area contributed by atoms with Crippen molar-refractivity contribution in [1.29, 1.82) is 0 Å². The van der Waals surface area contributed by atoms with Gasteiger partial charge in [-0.2, -0.15) is 11.3 Å². The number of hydrogen-bond donors (Lipinski definition) is 1. The minimum atomic E-state index is -0.0897. The third kappa shape index (κ3) is 4.69. The van der Waals surface area contributed by atoms with Crippen molar-refractivity contribution in [2.75, 3.05) is 7.05 Å². The van der Waals surface area contributed by atoms with Gasteiger partial charge in [-0.15, -0.1) is 0 Å². The molecule has 0 bridgehead atoms. The highest BCUT2D eigenvalue weighted by atomic mass is 32.1. The third-order valence-electron chi connectivity index (χ3n) is 4.84. The van der Waals surface area contributed by atoms with Gasteiger partial charge < -0.3 is 14.2 Å². The summed E-state index contributed by atoms with van der Waals surface area (Å²) in [7, 11) is 1.63. The zero-order chi connectivity index (χ0) is 20.9. The monoisotopic (exact) mass is 421 g/mol. The Balaban J connectivity index is 1.54. The van der Waals surface area contributed by atoms with Crippen LogP contribution >= 0.6 is 11.3 Å². The molecule has 4 aromatic rings. The van der Waals surface area contributed by atoms with Gasteiger partial charge in [0.05, 0.1) is 18.5 Å². The summed E-state index contributed by atoms with van der Waals surface area (Å²) in [6.07, 6.45) is 1.68. The van der Waals surface area contributed by atoms with Crippen LogP contribution in [0.3, 0.4) is 0 Å². The van der Waals surface area contributed by atoms with Crippen LogP contribution in [0.15, 0.2) is 68.3 Å². The first-order valence-electron chi connectivity index (χ1n) is 9.67. The molecule has 0 aliphatic rings. The van der Waals surface area contributed by atoms with Crippen molar-refractivity contribution in [3.63, 3.8) is 0 Å². The van der Waals surface area contributed by atoms with E-state index in [0.717, 1.165) is 28.3 Å². The lowest BCUT2D eigenvalue weighted by Gasteiger charge is -2.20. The number of thiophene rings is 1. The summed E-state index contributed by atoms with van der Waals surface area (Å²) in [4.78, 5) is 18.8. The van der Waals surface area contributed by atoms with E-state index in [0.29, 0.717) is 31.1 Å². The van der Waals surface area contributed by atoms with Gasteiger partial charge in [-0.1, -0.05) is 12.1 Å². The standard InChI is InChI=1S/C23H23N3O3S/c1-16-21(25-23(29-16)19-9-11-30-15-19)14-26(13-20-4-3-10-28-20)12-17-5-7-18(8-6-17)22(27)24-2/h3-11,15H,12-14H2,1-2H3,(H,24,27). The largest absolute Gasteiger partial charge is 0.468 e. The van der Waals surface area contributed by atoms with Crippen molar-refractivity contribution in [1.82, 2.24) is 15.2 Å². The van der Waals surface area contributed by atoms with Gasteiger partial charge in [0.2, 0.25) is 5.89 Å². The van der Waals surface area contributed by atoms with E-state index in [1.807, 2.05) is 60.1 Å². The molecule has 0 fully saturated rings. The van der Waals surface area contributed by atoms with Crippen LogP contribution in [0.1, 0.15) is 33.1 Å². The van der Waals surface area contributed by atoms with Gasteiger partial charge >= 0.3 is 0 Å². The summed E-state index contributed by atoms with van der Waals surface area (Å²) in [5.74, 6) is 2.26. The molecule has 0 spiro atoms. The molecule has 0 saturated carbocycles. The lowest BCUT2D eigenvalue weighted by molar-refractivity contribution is 0.0963. The fourth-order valence-corrected chi connectivity index (χ4v) is 3.88. The van der Waals surface area contributed by atoms with Gasteiger partial charge in [-0.05, 0) is 48.2 Å². The molecule has 3 heterocycles. The van der Waals surface area contributed by atoms with Gasteiger partial charge in [-0.25, -0.2) is 4.98 Å². The second-order valence-corrected chi connectivity index (χ2v) is 7.81. The number of carbonyl (C=O) groups is 1. The smallest absolute Gasteiger partial charge is 0.251 e. The zero-order valence-corrected chi connectivity index (χ0v) is 17.7. The van der Waals surface area contributed by atoms with E-state index >= 15 is 0 Å². The lowest BCUT2D eigenvalue weighted by atomic mass is 10.1. The van der Waals surface area contributed by atoms with Crippen LogP contribution in [0.4, 0.5) is 0 Å². The Morgan fingerprint density at radius 3 is 2.63 bits per heavy atom. The summed E-state index contributed by atoms with van der Waals surface area (Å²) in [5.41, 5.74) is 3.65. The summed E-state index contributed by atoms with van der Waals surface area (Å²) in [6.45, 7) is 3.90. The van der Waals surface area contributed by atoms with Crippen LogP contribution in [0.25, 0.3) is 11.5 Å². The Morgan fingerprint density at radius 2 is 1.97 bits per heavy atom. The molecule has 4 rings (SSSR count). The number of nitrogens with zero attached hydrogens (tertiary/aromatic N) is 2. The number of hydrogen-bond acceptors (Lipinski definition) is 6. The highest BCUT2D eigenvalue weighted by Gasteiger charge is 2.17. The molecule has 6 nitrogen and oxygen atoms in total. The summed E-state index contributed by atoms with van der Waals surface area (Å²) in [5, 5.41) is 6.69. The highest BCUT2D eigenvalue weighted by molar-refractivity contribution is 7.08. The van der Waals surface area contributed by atoms with Crippen molar-refractivity contribution >= 4 is 17.2 Å². The molecule has 0 aliphatic heterocycles. The lowest BCUT2D eigenvalue weighted by Crippen LogP contribution is -2.23. The number of nitrogens with one attached hydrogen (secondary N) is 1. The van der Waals surface area contributed by atoms with E-state index in [9.17, 15) is 4.79 Å². The average Bonchev–Trinajstić information content (AvgIpc) is 3.51. The van der Waals surface area contributed by atoms with Crippen molar-refractivity contribution < 1.29 is 13.6 Å². The first kappa shape index (κ1) is 20.1. The normalized spacial score (nSPS) is 11.2. The number of furan rings is 1. The molecular weight excluding hydrogens is 398 g/mol. The highest BCUT2D eigenvalue weighted by Crippen LogP contribution is 2.25. The number of carbonyl (C=O) groups excluding carboxylic acids is 1. The molecule has 154 valence electrons. The number of aromatic nitrogens is 1. The van der Waals surface area contributed by atoms with Crippen molar-refractivity contribution in [2.45, 2.75) is 26.6 Å². The van der Waals surface area contributed by atoms with Crippen LogP contribution in [0.5, 0.6) is 0 Å². The minimum Gasteiger partial charge on any atom is -0.468 e. The fraction of sp³-hybridized carbons (Fsp3) is 0.217. The SMILES string of the molecule is CNC(=O)c1ccc(CN(Cc2ccco2)Cc2nc(-c3ccsc3)oc2C)cc1. The predicted molar refractivity (Wildman–Crippen MR) is 116 cm³/mol. The molecule has 0 radical (unpaired) electrons. The first-order chi connectivity index (χ1) is 14.6. The Labute approximate surface area is 179 Å². The number of rotatable bonds is 8. The Morgan fingerprint density at radius 1 is 1.13 bits per heavy atom. The van der Waals surface area contributed by atoms with Gasteiger partial charge in [0, 0.05) is 36.6 Å². The van der Waals surface area contributed by atoms with E-state index in [4.69, 9.17) is 13.8 Å². The molecule has 0 saturated heterocycles. The zero-order valence-electron chi connectivity index (χ0n) is 16.9. The maximum absolute atomic E-state index is 11.8. The molecule has 0 unspecified atom stereocenters. The van der Waals surface area contributed by atoms with Crippen LogP contribution in [-0.4, -0.2) is 22.8 Å². The van der Waals surface area contributed by atoms with Crippen molar-refractivity contribution in [3.05, 3.63) is 87.8 Å². The van der Waals surface area contributed by atoms with Crippen LogP contribution in [0, 0.1) is 6.92 Å². The van der Waals surface area contributed by atoms with Crippen molar-refractivity contribution in [3.8, 4) is 11.5 Å². The van der Waals surface area contributed by atoms with Gasteiger partial charge in [0.1, 0.15) is 11.5 Å². The molecule has 0 atom stereocenters. The average molecular weight is 422 g/mol. The molecule has 7 heteroatoms. The topological polar surface area (TPSA) is 71.5 Å². The maximum Gasteiger partial charge on any atom is 0.251 e. The van der Waals surface area contributed by atoms with Gasteiger partial charge in [0.15, 0.2) is 0 Å². The fourth-order valence-electron chi connectivity index (χ4n) is 3.25. The summed E-state index contributed by atoms with van der Waals surface area (Å²) < 4.78 is 11.5. The predicted octanol–water partition coefficient (Wildman–Crippen LogP) is 4.87. The van der Waals surface area contributed by atoms with E-state index in [-0.39, 0.29) is 5.91 Å². The third-order valence-corrected chi connectivity index (χ3v) is 5.53. The van der Waals surface area contributed by atoms with E-state index in [1.165, 1.54) is 0 Å². The molecule has 0 aliphatic carbocycles. The number of aryl methyl sites for hydroxylation is 1. The molecule has 1 amide bonds. The number of oxazole rings is 1. The number of benzene rings is 1. The second kappa shape index (κ2) is 9.11. The minimum absolute atomic E-state index is 0.0897. The van der Waals surface area contributed by atoms with E-state index in [1.54, 1.807) is 24.6 Å². The Hall–Kier alpha value is -3.16. The van der Waals surface area contributed by atoms with Crippen LogP contribution in [-0.2, 0) is 19.6 Å². The Bertz CT molecular complexity index is 1080. The molecule has 3 aromatic heterocycles. The van der Waals surface area contributed by atoms with Crippen LogP contribution in [0.2, 0.25) is 0 Å². The van der Waals surface area contributed by atoms with E-state index in [2.05, 4.69) is 10.2 Å². The number of amides is 1. The molecule has 1 aromatic carbocycles. The van der Waals surface area contributed by atoms with E-state index < -0.39 is 0 Å².